The highest BCUT2D eigenvalue weighted by molar-refractivity contribution is 6.31. The van der Waals surface area contributed by atoms with Crippen molar-refractivity contribution >= 4 is 17.5 Å². The molecule has 168 valence electrons. The number of nitrogens with zero attached hydrogens (tertiary/aromatic N) is 2. The Bertz CT molecular complexity index is 1100. The number of H-pyrrole nitrogens is 1. The predicted molar refractivity (Wildman–Crippen MR) is 122 cm³/mol. The van der Waals surface area contributed by atoms with Crippen LogP contribution in [-0.4, -0.2) is 53.0 Å². The second-order valence-corrected chi connectivity index (χ2v) is 8.12. The lowest BCUT2D eigenvalue weighted by Crippen LogP contribution is -2.32. The third-order valence-electron chi connectivity index (χ3n) is 5.58. The van der Waals surface area contributed by atoms with Gasteiger partial charge in [0.25, 0.3) is 5.91 Å². The molecule has 1 unspecified atom stereocenters. The fourth-order valence-corrected chi connectivity index (χ4v) is 4.12. The molecule has 0 bridgehead atoms. The van der Waals surface area contributed by atoms with Crippen molar-refractivity contribution in [3.05, 3.63) is 64.3 Å². The Morgan fingerprint density at radius 3 is 2.69 bits per heavy atom. The molecular weight excluding hydrogens is 430 g/mol. The van der Waals surface area contributed by atoms with Crippen molar-refractivity contribution in [2.45, 2.75) is 25.8 Å². The van der Waals surface area contributed by atoms with Crippen LogP contribution in [0, 0.1) is 0 Å². The van der Waals surface area contributed by atoms with E-state index in [1.807, 2.05) is 24.3 Å². The molecule has 1 aliphatic heterocycles. The molecule has 7 nitrogen and oxygen atoms in total. The molecule has 0 saturated carbocycles. The topological polar surface area (TPSA) is 87.7 Å². The van der Waals surface area contributed by atoms with Crippen molar-refractivity contribution in [3.63, 3.8) is 0 Å². The number of aromatic amines is 1. The molecule has 1 atom stereocenters. The van der Waals surface area contributed by atoms with Crippen molar-refractivity contribution in [3.8, 4) is 22.8 Å². The molecule has 32 heavy (non-hydrogen) atoms. The van der Waals surface area contributed by atoms with Crippen molar-refractivity contribution in [2.24, 2.45) is 0 Å². The zero-order valence-corrected chi connectivity index (χ0v) is 18.9. The predicted octanol–water partition coefficient (Wildman–Crippen LogP) is 4.81. The van der Waals surface area contributed by atoms with Gasteiger partial charge >= 0.3 is 0 Å². The van der Waals surface area contributed by atoms with Crippen LogP contribution in [0.4, 0.5) is 0 Å². The van der Waals surface area contributed by atoms with Crippen LogP contribution in [0.1, 0.15) is 47.4 Å². The molecule has 8 heteroatoms. The molecule has 2 aromatic carbocycles. The smallest absolute Gasteiger partial charge is 0.273 e. The van der Waals surface area contributed by atoms with Crippen molar-refractivity contribution in [1.82, 2.24) is 15.1 Å². The molecule has 0 fully saturated rings. The summed E-state index contributed by atoms with van der Waals surface area (Å²) in [5.74, 6) is 0.672. The second kappa shape index (κ2) is 9.63. The number of phenols is 1. The number of unbranched alkanes of at least 4 members (excludes halogenated alkanes) is 1. The number of amides is 1. The number of aromatic nitrogens is 2. The van der Waals surface area contributed by atoms with Gasteiger partial charge in [0.05, 0.1) is 19.3 Å². The molecule has 0 aliphatic carbocycles. The van der Waals surface area contributed by atoms with Crippen LogP contribution in [0.25, 0.3) is 11.3 Å². The molecule has 3 aromatic rings. The van der Waals surface area contributed by atoms with E-state index in [-0.39, 0.29) is 17.7 Å². The number of carbonyl (C=O) groups is 1. The summed E-state index contributed by atoms with van der Waals surface area (Å²) in [6.07, 6.45) is 2.06. The molecule has 1 aromatic heterocycles. The Morgan fingerprint density at radius 2 is 1.97 bits per heavy atom. The van der Waals surface area contributed by atoms with Gasteiger partial charge in [0.15, 0.2) is 0 Å². The minimum absolute atomic E-state index is 0.0462. The van der Waals surface area contributed by atoms with Gasteiger partial charge < -0.3 is 19.5 Å². The summed E-state index contributed by atoms with van der Waals surface area (Å²) in [4.78, 5) is 15.0. The van der Waals surface area contributed by atoms with Crippen LogP contribution in [0.15, 0.2) is 42.5 Å². The summed E-state index contributed by atoms with van der Waals surface area (Å²) in [5.41, 5.74) is 3.01. The Kier molecular flexibility index (Phi) is 6.67. The quantitative estimate of drug-likeness (QED) is 0.452. The van der Waals surface area contributed by atoms with Crippen LogP contribution in [0.5, 0.6) is 11.5 Å². The Hall–Kier alpha value is -3.03. The minimum atomic E-state index is -0.385. The molecule has 0 saturated heterocycles. The first-order chi connectivity index (χ1) is 15.5. The van der Waals surface area contributed by atoms with Crippen molar-refractivity contribution in [2.75, 3.05) is 26.9 Å². The largest absolute Gasteiger partial charge is 0.507 e. The van der Waals surface area contributed by atoms with Gasteiger partial charge in [0.1, 0.15) is 22.9 Å². The molecule has 2 N–H and O–H groups in total. The van der Waals surface area contributed by atoms with Gasteiger partial charge in [0.2, 0.25) is 0 Å². The molecule has 2 heterocycles. The van der Waals surface area contributed by atoms with Gasteiger partial charge in [-0.25, -0.2) is 0 Å². The fourth-order valence-electron chi connectivity index (χ4n) is 3.95. The standard InChI is InChI=1S/C24H26ClN3O4/c1-3-4-12-32-17-8-5-15(6-9-17)23-20-21(18-14-16(25)7-10-19(18)29)26-27-22(20)24(30)28(23)11-13-31-2/h5-10,14,23,29H,3-4,11-13H2,1-2H3,(H,26,27). The van der Waals surface area contributed by atoms with Gasteiger partial charge in [0, 0.05) is 29.8 Å². The number of aromatic hydroxyl groups is 1. The number of phenolic OH excluding ortho intramolecular Hbond substituents is 1. The van der Waals surface area contributed by atoms with Gasteiger partial charge in [-0.05, 0) is 42.3 Å². The number of rotatable bonds is 9. The van der Waals surface area contributed by atoms with Crippen molar-refractivity contribution < 1.29 is 19.4 Å². The van der Waals surface area contributed by atoms with Crippen LogP contribution in [-0.2, 0) is 4.74 Å². The van der Waals surface area contributed by atoms with Crippen LogP contribution in [0.3, 0.4) is 0 Å². The second-order valence-electron chi connectivity index (χ2n) is 7.69. The van der Waals surface area contributed by atoms with Gasteiger partial charge in [-0.15, -0.1) is 0 Å². The number of methoxy groups -OCH3 is 1. The van der Waals surface area contributed by atoms with Gasteiger partial charge in [-0.2, -0.15) is 5.10 Å². The fraction of sp³-hybridized carbons (Fsp3) is 0.333. The number of benzene rings is 2. The first kappa shape index (κ1) is 22.2. The maximum absolute atomic E-state index is 13.2. The number of halogens is 1. The highest BCUT2D eigenvalue weighted by atomic mass is 35.5. The monoisotopic (exact) mass is 455 g/mol. The first-order valence-electron chi connectivity index (χ1n) is 10.6. The summed E-state index contributed by atoms with van der Waals surface area (Å²) in [7, 11) is 1.61. The third kappa shape index (κ3) is 4.18. The van der Waals surface area contributed by atoms with Crippen molar-refractivity contribution in [1.29, 1.82) is 0 Å². The summed E-state index contributed by atoms with van der Waals surface area (Å²) < 4.78 is 11.0. The molecule has 0 radical (unpaired) electrons. The van der Waals surface area contributed by atoms with E-state index >= 15 is 0 Å². The zero-order valence-electron chi connectivity index (χ0n) is 18.1. The van der Waals surface area contributed by atoms with E-state index in [1.165, 1.54) is 6.07 Å². The van der Waals surface area contributed by atoms with Crippen LogP contribution in [0.2, 0.25) is 5.02 Å². The maximum atomic E-state index is 13.2. The lowest BCUT2D eigenvalue weighted by Gasteiger charge is -2.26. The van der Waals surface area contributed by atoms with Gasteiger partial charge in [-0.1, -0.05) is 37.1 Å². The van der Waals surface area contributed by atoms with E-state index in [2.05, 4.69) is 17.1 Å². The van der Waals surface area contributed by atoms with E-state index in [1.54, 1.807) is 24.1 Å². The average molecular weight is 456 g/mol. The van der Waals surface area contributed by atoms with E-state index in [4.69, 9.17) is 21.1 Å². The van der Waals surface area contributed by atoms with E-state index in [9.17, 15) is 9.90 Å². The number of carbonyl (C=O) groups excluding carboxylic acids is 1. The molecule has 1 amide bonds. The van der Waals surface area contributed by atoms with Crippen LogP contribution >= 0.6 is 11.6 Å². The molecular formula is C24H26ClN3O4. The number of fused-ring (bicyclic) bond motifs is 1. The van der Waals surface area contributed by atoms with Gasteiger partial charge in [-0.3, -0.25) is 9.89 Å². The number of hydrogen-bond donors (Lipinski definition) is 2. The lowest BCUT2D eigenvalue weighted by molar-refractivity contribution is 0.0677. The normalized spacial score (nSPS) is 15.3. The summed E-state index contributed by atoms with van der Waals surface area (Å²) in [6.45, 7) is 3.60. The Morgan fingerprint density at radius 1 is 1.19 bits per heavy atom. The Balaban J connectivity index is 1.76. The zero-order chi connectivity index (χ0) is 22.7. The van der Waals surface area contributed by atoms with Crippen LogP contribution < -0.4 is 4.74 Å². The highest BCUT2D eigenvalue weighted by Gasteiger charge is 2.42. The Labute approximate surface area is 191 Å². The van der Waals surface area contributed by atoms with E-state index in [0.717, 1.165) is 24.2 Å². The highest BCUT2D eigenvalue weighted by Crippen LogP contribution is 2.45. The number of hydrogen-bond acceptors (Lipinski definition) is 5. The minimum Gasteiger partial charge on any atom is -0.507 e. The summed E-state index contributed by atoms with van der Waals surface area (Å²) in [6, 6.07) is 12.2. The maximum Gasteiger partial charge on any atom is 0.273 e. The average Bonchev–Trinajstić information content (AvgIpc) is 3.33. The first-order valence-corrected chi connectivity index (χ1v) is 11.0. The molecule has 4 rings (SSSR count). The SMILES string of the molecule is CCCCOc1ccc(C2c3c(-c4cc(Cl)ccc4O)n[nH]c3C(=O)N2CCOC)cc1. The summed E-state index contributed by atoms with van der Waals surface area (Å²) >= 11 is 6.18. The number of ether oxygens (including phenoxy) is 2. The summed E-state index contributed by atoms with van der Waals surface area (Å²) in [5, 5.41) is 18.2. The molecule has 1 aliphatic rings. The number of nitrogens with one attached hydrogen (secondary N) is 1. The third-order valence-corrected chi connectivity index (χ3v) is 5.81. The van der Waals surface area contributed by atoms with E-state index in [0.29, 0.717) is 47.3 Å². The lowest BCUT2D eigenvalue weighted by atomic mass is 9.95. The molecule has 0 spiro atoms. The van der Waals surface area contributed by atoms with E-state index < -0.39 is 0 Å².